The van der Waals surface area contributed by atoms with Gasteiger partial charge in [0.15, 0.2) is 0 Å². The molecule has 2 unspecified atom stereocenters. The number of rotatable bonds is 0. The Bertz CT molecular complexity index is 232. The molecule has 54 valence electrons. The van der Waals surface area contributed by atoms with E-state index in [-0.39, 0.29) is 0 Å². The van der Waals surface area contributed by atoms with Crippen LogP contribution in [0.5, 0.6) is 0 Å². The van der Waals surface area contributed by atoms with Gasteiger partial charge in [-0.15, -0.1) is 0 Å². The Labute approximate surface area is 62.6 Å². The van der Waals surface area contributed by atoms with Crippen molar-refractivity contribution >= 4 is 0 Å². The highest BCUT2D eigenvalue weighted by Gasteiger charge is 2.52. The Morgan fingerprint density at radius 1 is 1.40 bits per heavy atom. The third kappa shape index (κ3) is 0.570. The Morgan fingerprint density at radius 3 is 2.70 bits per heavy atom. The first-order chi connectivity index (χ1) is 4.64. The van der Waals surface area contributed by atoms with Crippen LogP contribution in [-0.2, 0) is 0 Å². The number of hydrogen-bond donors (Lipinski definition) is 0. The maximum Gasteiger partial charge on any atom is -0.00443 e. The van der Waals surface area contributed by atoms with Gasteiger partial charge < -0.3 is 0 Å². The normalized spacial score (nSPS) is 43.7. The van der Waals surface area contributed by atoms with Crippen molar-refractivity contribution in [1.82, 2.24) is 0 Å². The molecule has 0 amide bonds. The van der Waals surface area contributed by atoms with Crippen molar-refractivity contribution in [2.45, 2.75) is 27.2 Å². The van der Waals surface area contributed by atoms with Gasteiger partial charge in [0.05, 0.1) is 0 Å². The first-order valence-electron chi connectivity index (χ1n) is 4.00. The molecule has 2 aliphatic rings. The van der Waals surface area contributed by atoms with Crippen LogP contribution in [-0.4, -0.2) is 0 Å². The van der Waals surface area contributed by atoms with E-state index in [1.807, 2.05) is 0 Å². The van der Waals surface area contributed by atoms with E-state index in [0.29, 0.717) is 5.41 Å². The third-order valence-corrected chi connectivity index (χ3v) is 3.28. The van der Waals surface area contributed by atoms with Gasteiger partial charge in [-0.2, -0.15) is 0 Å². The lowest BCUT2D eigenvalue weighted by Gasteiger charge is -2.15. The number of allylic oxidation sites excluding steroid dienone is 4. The highest BCUT2D eigenvalue weighted by Crippen LogP contribution is 2.62. The fourth-order valence-corrected chi connectivity index (χ4v) is 2.03. The summed E-state index contributed by atoms with van der Waals surface area (Å²) in [6.07, 6.45) is 5.94. The van der Waals surface area contributed by atoms with Crippen molar-refractivity contribution in [2.75, 3.05) is 0 Å². The first-order valence-corrected chi connectivity index (χ1v) is 4.00. The molecule has 1 saturated carbocycles. The van der Waals surface area contributed by atoms with E-state index in [1.54, 1.807) is 11.1 Å². The molecule has 2 aliphatic carbocycles. The maximum absolute atomic E-state index is 2.38. The van der Waals surface area contributed by atoms with Gasteiger partial charge in [0.1, 0.15) is 0 Å². The van der Waals surface area contributed by atoms with E-state index in [4.69, 9.17) is 0 Å². The average molecular weight is 134 g/mol. The molecule has 0 aliphatic heterocycles. The minimum absolute atomic E-state index is 0.568. The lowest BCUT2D eigenvalue weighted by Crippen LogP contribution is -2.03. The van der Waals surface area contributed by atoms with Gasteiger partial charge in [-0.3, -0.25) is 0 Å². The molecule has 0 N–H and O–H groups in total. The second-order valence-corrected chi connectivity index (χ2v) is 3.93. The SMILES string of the molecule is CC1=CC=C(C)C2(C)CC12. The Kier molecular flexibility index (Phi) is 0.964. The summed E-state index contributed by atoms with van der Waals surface area (Å²) in [5.74, 6) is 0.887. The fraction of sp³-hybridized carbons (Fsp3) is 0.600. The van der Waals surface area contributed by atoms with Crippen molar-refractivity contribution in [1.29, 1.82) is 0 Å². The molecular formula is C10H14. The summed E-state index contributed by atoms with van der Waals surface area (Å²) in [7, 11) is 0. The Hall–Kier alpha value is -0.520. The average Bonchev–Trinajstić information content (AvgIpc) is 2.56. The zero-order valence-electron chi connectivity index (χ0n) is 6.94. The monoisotopic (exact) mass is 134 g/mol. The molecule has 2 atom stereocenters. The summed E-state index contributed by atoms with van der Waals surface area (Å²) < 4.78 is 0. The standard InChI is InChI=1S/C10H14/c1-7-4-5-8(2)10(3)6-9(7)10/h4-5,9H,6H2,1-3H3. The summed E-state index contributed by atoms with van der Waals surface area (Å²) in [4.78, 5) is 0. The zero-order valence-corrected chi connectivity index (χ0v) is 6.94. The van der Waals surface area contributed by atoms with E-state index in [9.17, 15) is 0 Å². The number of hydrogen-bond acceptors (Lipinski definition) is 0. The summed E-state index contributed by atoms with van der Waals surface area (Å²) in [5, 5.41) is 0. The van der Waals surface area contributed by atoms with Crippen LogP contribution in [0.15, 0.2) is 23.3 Å². The van der Waals surface area contributed by atoms with Gasteiger partial charge in [0.25, 0.3) is 0 Å². The van der Waals surface area contributed by atoms with Gasteiger partial charge in [0, 0.05) is 0 Å². The smallest absolute Gasteiger partial charge is 0.00443 e. The largest absolute Gasteiger partial charge is 0.0693 e. The first kappa shape index (κ1) is 6.21. The summed E-state index contributed by atoms with van der Waals surface area (Å²) in [6.45, 7) is 6.88. The van der Waals surface area contributed by atoms with E-state index in [0.717, 1.165) is 5.92 Å². The molecule has 10 heavy (non-hydrogen) atoms. The minimum Gasteiger partial charge on any atom is -0.0693 e. The summed E-state index contributed by atoms with van der Waals surface area (Å²) in [6, 6.07) is 0. The van der Waals surface area contributed by atoms with Crippen LogP contribution >= 0.6 is 0 Å². The third-order valence-electron chi connectivity index (χ3n) is 3.28. The van der Waals surface area contributed by atoms with Crippen molar-refractivity contribution < 1.29 is 0 Å². The molecule has 0 heterocycles. The van der Waals surface area contributed by atoms with Gasteiger partial charge in [-0.1, -0.05) is 30.2 Å². The summed E-state index contributed by atoms with van der Waals surface area (Å²) in [5.41, 5.74) is 3.72. The predicted molar refractivity (Wildman–Crippen MR) is 43.7 cm³/mol. The van der Waals surface area contributed by atoms with Crippen LogP contribution < -0.4 is 0 Å². The quantitative estimate of drug-likeness (QED) is 0.478. The van der Waals surface area contributed by atoms with Crippen LogP contribution in [0.4, 0.5) is 0 Å². The minimum atomic E-state index is 0.568. The van der Waals surface area contributed by atoms with Gasteiger partial charge in [-0.05, 0) is 31.6 Å². The zero-order chi connectivity index (χ0) is 7.35. The molecule has 0 aromatic heterocycles. The molecule has 0 spiro atoms. The van der Waals surface area contributed by atoms with Crippen LogP contribution in [0.3, 0.4) is 0 Å². The van der Waals surface area contributed by atoms with E-state index in [1.165, 1.54) is 6.42 Å². The molecular weight excluding hydrogens is 120 g/mol. The molecule has 0 saturated heterocycles. The second kappa shape index (κ2) is 1.55. The fourth-order valence-electron chi connectivity index (χ4n) is 2.03. The molecule has 0 radical (unpaired) electrons. The van der Waals surface area contributed by atoms with Gasteiger partial charge in [0.2, 0.25) is 0 Å². The molecule has 0 aromatic rings. The molecule has 0 bridgehead atoms. The lowest BCUT2D eigenvalue weighted by atomic mass is 9.90. The van der Waals surface area contributed by atoms with Crippen LogP contribution in [0.1, 0.15) is 27.2 Å². The van der Waals surface area contributed by atoms with Gasteiger partial charge in [-0.25, -0.2) is 0 Å². The topological polar surface area (TPSA) is 0 Å². The lowest BCUT2D eigenvalue weighted by molar-refractivity contribution is 0.623. The van der Waals surface area contributed by atoms with Crippen LogP contribution in [0.2, 0.25) is 0 Å². The van der Waals surface area contributed by atoms with E-state index in [2.05, 4.69) is 32.9 Å². The Morgan fingerprint density at radius 2 is 2.10 bits per heavy atom. The van der Waals surface area contributed by atoms with Gasteiger partial charge >= 0.3 is 0 Å². The van der Waals surface area contributed by atoms with Crippen LogP contribution in [0.25, 0.3) is 0 Å². The predicted octanol–water partition coefficient (Wildman–Crippen LogP) is 2.92. The molecule has 0 aromatic carbocycles. The van der Waals surface area contributed by atoms with Crippen LogP contribution in [0, 0.1) is 11.3 Å². The van der Waals surface area contributed by atoms with Crippen molar-refractivity contribution in [2.24, 2.45) is 11.3 Å². The maximum atomic E-state index is 2.38. The summed E-state index contributed by atoms with van der Waals surface area (Å²) >= 11 is 0. The van der Waals surface area contributed by atoms with E-state index < -0.39 is 0 Å². The molecule has 0 nitrogen and oxygen atoms in total. The highest BCUT2D eigenvalue weighted by atomic mass is 14.6. The van der Waals surface area contributed by atoms with E-state index >= 15 is 0 Å². The molecule has 2 rings (SSSR count). The molecule has 0 heteroatoms. The highest BCUT2D eigenvalue weighted by molar-refractivity contribution is 5.38. The number of fused-ring (bicyclic) bond motifs is 1. The molecule has 1 fully saturated rings. The Balaban J connectivity index is 2.40. The van der Waals surface area contributed by atoms with Crippen molar-refractivity contribution in [3.63, 3.8) is 0 Å². The van der Waals surface area contributed by atoms with Crippen molar-refractivity contribution in [3.05, 3.63) is 23.3 Å². The second-order valence-electron chi connectivity index (χ2n) is 3.93. The van der Waals surface area contributed by atoms with Crippen molar-refractivity contribution in [3.8, 4) is 0 Å².